The van der Waals surface area contributed by atoms with Gasteiger partial charge < -0.3 is 9.47 Å². The molecule has 25 heavy (non-hydrogen) atoms. The molecule has 3 aromatic carbocycles. The molecule has 0 radical (unpaired) electrons. The Bertz CT molecular complexity index is 798. The molecule has 0 saturated heterocycles. The smallest absolute Gasteiger partial charge is 0.221 e. The summed E-state index contributed by atoms with van der Waals surface area (Å²) in [6.07, 6.45) is 0. The molecule has 0 saturated carbocycles. The summed E-state index contributed by atoms with van der Waals surface area (Å²) in [7, 11) is 3.34. The van der Waals surface area contributed by atoms with Gasteiger partial charge in [0, 0.05) is 39.6 Å². The molecular formula is C21H19BrO2S. The molecule has 128 valence electrons. The van der Waals surface area contributed by atoms with E-state index in [1.807, 2.05) is 42.5 Å². The molecule has 3 rings (SSSR count). The van der Waals surface area contributed by atoms with Crippen molar-refractivity contribution in [3.05, 3.63) is 94.5 Å². The van der Waals surface area contributed by atoms with Crippen LogP contribution in [0.25, 0.3) is 0 Å². The van der Waals surface area contributed by atoms with Gasteiger partial charge >= 0.3 is 0 Å². The fourth-order valence-electron chi connectivity index (χ4n) is 2.76. The molecule has 3 aromatic rings. The third kappa shape index (κ3) is 3.98. The van der Waals surface area contributed by atoms with Gasteiger partial charge in [0.25, 0.3) is 0 Å². The van der Waals surface area contributed by atoms with Crippen LogP contribution in [0.15, 0.2) is 93.1 Å². The van der Waals surface area contributed by atoms with E-state index in [0.717, 1.165) is 15.6 Å². The normalized spacial score (nSPS) is 11.5. The molecule has 0 fully saturated rings. The average Bonchev–Trinajstić information content (AvgIpc) is 2.67. The molecule has 0 aliphatic heterocycles. The summed E-state index contributed by atoms with van der Waals surface area (Å²) >= 11 is 5.19. The van der Waals surface area contributed by atoms with Crippen LogP contribution in [0.5, 0.6) is 0 Å². The lowest BCUT2D eigenvalue weighted by molar-refractivity contribution is -0.183. The van der Waals surface area contributed by atoms with Crippen molar-refractivity contribution in [2.75, 3.05) is 14.2 Å². The van der Waals surface area contributed by atoms with Crippen molar-refractivity contribution in [1.29, 1.82) is 0 Å². The van der Waals surface area contributed by atoms with Crippen molar-refractivity contribution < 1.29 is 9.47 Å². The van der Waals surface area contributed by atoms with Crippen LogP contribution in [0.2, 0.25) is 0 Å². The molecule has 0 bridgehead atoms. The predicted octanol–water partition coefficient (Wildman–Crippen LogP) is 6.09. The van der Waals surface area contributed by atoms with Crippen molar-refractivity contribution in [2.24, 2.45) is 0 Å². The predicted molar refractivity (Wildman–Crippen MR) is 106 cm³/mol. The number of methoxy groups -OCH3 is 2. The van der Waals surface area contributed by atoms with Crippen molar-refractivity contribution in [1.82, 2.24) is 0 Å². The zero-order valence-corrected chi connectivity index (χ0v) is 16.5. The molecule has 0 amide bonds. The van der Waals surface area contributed by atoms with Crippen molar-refractivity contribution in [2.45, 2.75) is 15.6 Å². The van der Waals surface area contributed by atoms with Crippen LogP contribution in [0, 0.1) is 0 Å². The maximum atomic E-state index is 5.80. The third-order valence-electron chi connectivity index (χ3n) is 4.01. The lowest BCUT2D eigenvalue weighted by atomic mass is 9.97. The second kappa shape index (κ2) is 8.19. The summed E-state index contributed by atoms with van der Waals surface area (Å²) < 4.78 is 12.7. The summed E-state index contributed by atoms with van der Waals surface area (Å²) in [5, 5.41) is 0. The molecule has 0 aromatic heterocycles. The topological polar surface area (TPSA) is 18.5 Å². The van der Waals surface area contributed by atoms with Gasteiger partial charge in [-0.15, -0.1) is 0 Å². The highest BCUT2D eigenvalue weighted by Gasteiger charge is 2.34. The summed E-state index contributed by atoms with van der Waals surface area (Å²) in [5.74, 6) is -0.901. The first-order valence-corrected chi connectivity index (χ1v) is 9.48. The minimum atomic E-state index is -0.901. The van der Waals surface area contributed by atoms with Gasteiger partial charge in [0.05, 0.1) is 0 Å². The molecule has 0 atom stereocenters. The monoisotopic (exact) mass is 414 g/mol. The quantitative estimate of drug-likeness (QED) is 0.454. The van der Waals surface area contributed by atoms with Gasteiger partial charge in [0.2, 0.25) is 5.79 Å². The van der Waals surface area contributed by atoms with Gasteiger partial charge in [-0.1, -0.05) is 70.2 Å². The fraction of sp³-hybridized carbons (Fsp3) is 0.143. The van der Waals surface area contributed by atoms with Gasteiger partial charge in [0.1, 0.15) is 0 Å². The molecule has 0 spiro atoms. The summed E-state index contributed by atoms with van der Waals surface area (Å²) in [6.45, 7) is 0. The highest BCUT2D eigenvalue weighted by Crippen LogP contribution is 2.36. The van der Waals surface area contributed by atoms with Crippen LogP contribution in [0.4, 0.5) is 0 Å². The first-order valence-electron chi connectivity index (χ1n) is 7.88. The number of hydrogen-bond donors (Lipinski definition) is 0. The summed E-state index contributed by atoms with van der Waals surface area (Å²) in [6, 6.07) is 26.6. The maximum absolute atomic E-state index is 5.80. The Labute approximate surface area is 161 Å². The first kappa shape index (κ1) is 18.2. The zero-order chi connectivity index (χ0) is 17.7. The van der Waals surface area contributed by atoms with Gasteiger partial charge in [-0.05, 0) is 36.4 Å². The number of rotatable bonds is 6. The van der Waals surface area contributed by atoms with Crippen LogP contribution in [-0.2, 0) is 15.3 Å². The molecule has 0 aliphatic carbocycles. The highest BCUT2D eigenvalue weighted by molar-refractivity contribution is 9.10. The Kier molecular flexibility index (Phi) is 5.97. The Hall–Kier alpha value is -1.59. The van der Waals surface area contributed by atoms with Crippen LogP contribution in [-0.4, -0.2) is 14.2 Å². The molecular weight excluding hydrogens is 396 g/mol. The van der Waals surface area contributed by atoms with E-state index in [4.69, 9.17) is 9.47 Å². The van der Waals surface area contributed by atoms with Gasteiger partial charge in [0.15, 0.2) is 0 Å². The molecule has 0 aliphatic rings. The van der Waals surface area contributed by atoms with Gasteiger partial charge in [-0.2, -0.15) is 0 Å². The molecule has 2 nitrogen and oxygen atoms in total. The second-order valence-electron chi connectivity index (χ2n) is 5.47. The van der Waals surface area contributed by atoms with E-state index in [0.29, 0.717) is 0 Å². The lowest BCUT2D eigenvalue weighted by Crippen LogP contribution is -2.32. The molecule has 0 unspecified atom stereocenters. The first-order chi connectivity index (χ1) is 12.2. The second-order valence-corrected chi connectivity index (χ2v) is 7.53. The molecule has 0 N–H and O–H groups in total. The largest absolute Gasteiger partial charge is 0.346 e. The van der Waals surface area contributed by atoms with E-state index in [1.54, 1.807) is 26.0 Å². The van der Waals surface area contributed by atoms with Crippen LogP contribution in [0.3, 0.4) is 0 Å². The zero-order valence-electron chi connectivity index (χ0n) is 14.1. The third-order valence-corrected chi connectivity index (χ3v) is 5.56. The van der Waals surface area contributed by atoms with E-state index in [9.17, 15) is 0 Å². The van der Waals surface area contributed by atoms with Crippen LogP contribution < -0.4 is 0 Å². The summed E-state index contributed by atoms with van der Waals surface area (Å²) in [5.41, 5.74) is 1.93. The Morgan fingerprint density at radius 2 is 1.16 bits per heavy atom. The standard InChI is InChI=1S/C21H19BrO2S/c1-23-21(24-2,16-6-4-3-5-7-16)17-8-12-19(13-9-17)25-20-14-10-18(22)11-15-20/h3-15H,1-2H3. The fourth-order valence-corrected chi connectivity index (χ4v) is 3.84. The summed E-state index contributed by atoms with van der Waals surface area (Å²) in [4.78, 5) is 2.36. The number of benzene rings is 3. The van der Waals surface area contributed by atoms with Crippen molar-refractivity contribution >= 4 is 27.7 Å². The van der Waals surface area contributed by atoms with Crippen molar-refractivity contribution in [3.8, 4) is 0 Å². The number of hydrogen-bond acceptors (Lipinski definition) is 3. The minimum Gasteiger partial charge on any atom is -0.346 e. The van der Waals surface area contributed by atoms with E-state index in [1.165, 1.54) is 9.79 Å². The number of halogens is 1. The molecule has 4 heteroatoms. The Morgan fingerprint density at radius 3 is 1.68 bits per heavy atom. The van der Waals surface area contributed by atoms with Crippen LogP contribution >= 0.6 is 27.7 Å². The highest BCUT2D eigenvalue weighted by atomic mass is 79.9. The maximum Gasteiger partial charge on any atom is 0.221 e. The van der Waals surface area contributed by atoms with E-state index < -0.39 is 5.79 Å². The van der Waals surface area contributed by atoms with Crippen LogP contribution in [0.1, 0.15) is 11.1 Å². The van der Waals surface area contributed by atoms with Gasteiger partial charge in [-0.25, -0.2) is 0 Å². The number of ether oxygens (including phenoxy) is 2. The van der Waals surface area contributed by atoms with E-state index in [-0.39, 0.29) is 0 Å². The van der Waals surface area contributed by atoms with Crippen molar-refractivity contribution in [3.63, 3.8) is 0 Å². The van der Waals surface area contributed by atoms with E-state index >= 15 is 0 Å². The lowest BCUT2D eigenvalue weighted by Gasteiger charge is -2.32. The SMILES string of the molecule is COC(OC)(c1ccccc1)c1ccc(Sc2ccc(Br)cc2)cc1. The average molecular weight is 415 g/mol. The Balaban J connectivity index is 1.88. The van der Waals surface area contributed by atoms with Gasteiger partial charge in [-0.3, -0.25) is 0 Å². The minimum absolute atomic E-state index is 0.901. The van der Waals surface area contributed by atoms with E-state index in [2.05, 4.69) is 52.3 Å². The Morgan fingerprint density at radius 1 is 0.680 bits per heavy atom. The molecule has 0 heterocycles.